The first-order valence-corrected chi connectivity index (χ1v) is 7.28. The molecule has 0 aliphatic rings. The predicted octanol–water partition coefficient (Wildman–Crippen LogP) is 4.66. The third kappa shape index (κ3) is 2.92. The molecule has 5 heteroatoms. The summed E-state index contributed by atoms with van der Waals surface area (Å²) in [5.74, 6) is 0. The first kappa shape index (κ1) is 13.3. The highest BCUT2D eigenvalue weighted by atomic mass is 79.9. The van der Waals surface area contributed by atoms with E-state index in [1.807, 2.05) is 36.4 Å². The van der Waals surface area contributed by atoms with E-state index < -0.39 is 0 Å². The van der Waals surface area contributed by atoms with E-state index in [1.54, 1.807) is 12.4 Å². The Morgan fingerprint density at radius 3 is 2.60 bits per heavy atom. The number of nitrogens with one attached hydrogen (secondary N) is 1. The quantitative estimate of drug-likeness (QED) is 0.748. The molecule has 0 fully saturated rings. The van der Waals surface area contributed by atoms with Crippen molar-refractivity contribution < 1.29 is 0 Å². The molecule has 0 saturated heterocycles. The molecule has 0 saturated carbocycles. The normalized spacial score (nSPS) is 10.7. The summed E-state index contributed by atoms with van der Waals surface area (Å²) in [5, 5.41) is 4.07. The zero-order chi connectivity index (χ0) is 13.9. The SMILES string of the molecule is Clc1cc(CNc2ccc3nccnc3c2)ccc1Br. The summed E-state index contributed by atoms with van der Waals surface area (Å²) in [5.41, 5.74) is 3.91. The Morgan fingerprint density at radius 2 is 1.80 bits per heavy atom. The Morgan fingerprint density at radius 1 is 1.00 bits per heavy atom. The largest absolute Gasteiger partial charge is 0.381 e. The number of nitrogens with zero attached hydrogens (tertiary/aromatic N) is 2. The number of fused-ring (bicyclic) bond motifs is 1. The zero-order valence-corrected chi connectivity index (χ0v) is 12.8. The molecule has 1 aromatic heterocycles. The van der Waals surface area contributed by atoms with E-state index >= 15 is 0 Å². The predicted molar refractivity (Wildman–Crippen MR) is 86.0 cm³/mol. The number of hydrogen-bond donors (Lipinski definition) is 1. The van der Waals surface area contributed by atoms with Crippen molar-refractivity contribution in [3.8, 4) is 0 Å². The van der Waals surface area contributed by atoms with Crippen molar-refractivity contribution >= 4 is 44.3 Å². The van der Waals surface area contributed by atoms with Gasteiger partial charge in [-0.25, -0.2) is 0 Å². The van der Waals surface area contributed by atoms with E-state index in [-0.39, 0.29) is 0 Å². The molecule has 0 bridgehead atoms. The van der Waals surface area contributed by atoms with Crippen LogP contribution in [0.25, 0.3) is 11.0 Å². The molecule has 2 aromatic carbocycles. The number of benzene rings is 2. The molecular formula is C15H11BrClN3. The van der Waals surface area contributed by atoms with Crippen LogP contribution < -0.4 is 5.32 Å². The van der Waals surface area contributed by atoms with Crippen LogP contribution in [0.15, 0.2) is 53.3 Å². The Balaban J connectivity index is 1.77. The van der Waals surface area contributed by atoms with Gasteiger partial charge in [-0.1, -0.05) is 17.7 Å². The fraction of sp³-hybridized carbons (Fsp3) is 0.0667. The molecule has 1 heterocycles. The van der Waals surface area contributed by atoms with Crippen molar-refractivity contribution in [3.05, 3.63) is 63.9 Å². The molecule has 3 rings (SSSR count). The van der Waals surface area contributed by atoms with E-state index in [2.05, 4.69) is 31.2 Å². The van der Waals surface area contributed by atoms with Gasteiger partial charge in [0.2, 0.25) is 0 Å². The lowest BCUT2D eigenvalue weighted by Gasteiger charge is -2.08. The first-order valence-electron chi connectivity index (χ1n) is 6.11. The van der Waals surface area contributed by atoms with E-state index in [1.165, 1.54) is 0 Å². The number of halogens is 2. The van der Waals surface area contributed by atoms with Gasteiger partial charge in [0.1, 0.15) is 0 Å². The van der Waals surface area contributed by atoms with Gasteiger partial charge >= 0.3 is 0 Å². The minimum atomic E-state index is 0.707. The summed E-state index contributed by atoms with van der Waals surface area (Å²) in [4.78, 5) is 8.54. The topological polar surface area (TPSA) is 37.8 Å². The summed E-state index contributed by atoms with van der Waals surface area (Å²) >= 11 is 9.47. The minimum absolute atomic E-state index is 0.707. The maximum Gasteiger partial charge on any atom is 0.0907 e. The van der Waals surface area contributed by atoms with Crippen molar-refractivity contribution in [1.82, 2.24) is 9.97 Å². The second-order valence-corrected chi connectivity index (χ2v) is 5.62. The third-order valence-corrected chi connectivity index (χ3v) is 4.18. The lowest BCUT2D eigenvalue weighted by Crippen LogP contribution is -1.99. The maximum absolute atomic E-state index is 6.08. The average Bonchev–Trinajstić information content (AvgIpc) is 2.48. The molecule has 1 N–H and O–H groups in total. The molecule has 0 aliphatic heterocycles. The molecule has 0 radical (unpaired) electrons. The highest BCUT2D eigenvalue weighted by Gasteiger charge is 2.01. The summed E-state index contributed by atoms with van der Waals surface area (Å²) in [6, 6.07) is 11.9. The van der Waals surface area contributed by atoms with Gasteiger partial charge in [0, 0.05) is 29.1 Å². The molecule has 0 amide bonds. The van der Waals surface area contributed by atoms with Crippen molar-refractivity contribution in [1.29, 1.82) is 0 Å². The molecule has 0 aliphatic carbocycles. The number of aromatic nitrogens is 2. The van der Waals surface area contributed by atoms with E-state index in [0.717, 1.165) is 26.8 Å². The summed E-state index contributed by atoms with van der Waals surface area (Å²) in [7, 11) is 0. The van der Waals surface area contributed by atoms with Crippen molar-refractivity contribution in [3.63, 3.8) is 0 Å². The summed E-state index contributed by atoms with van der Waals surface area (Å²) in [6.45, 7) is 0.707. The Bertz CT molecular complexity index is 761. The molecule has 100 valence electrons. The van der Waals surface area contributed by atoms with E-state index in [4.69, 9.17) is 11.6 Å². The van der Waals surface area contributed by atoms with Crippen LogP contribution >= 0.6 is 27.5 Å². The summed E-state index contributed by atoms with van der Waals surface area (Å²) in [6.07, 6.45) is 3.39. The van der Waals surface area contributed by atoms with E-state index in [9.17, 15) is 0 Å². The maximum atomic E-state index is 6.08. The molecule has 0 spiro atoms. The van der Waals surface area contributed by atoms with Gasteiger partial charge < -0.3 is 5.32 Å². The van der Waals surface area contributed by atoms with Crippen LogP contribution in [0.2, 0.25) is 5.02 Å². The molecule has 3 nitrogen and oxygen atoms in total. The molecule has 20 heavy (non-hydrogen) atoms. The van der Waals surface area contributed by atoms with Crippen molar-refractivity contribution in [2.24, 2.45) is 0 Å². The second-order valence-electron chi connectivity index (χ2n) is 4.36. The van der Waals surface area contributed by atoms with Crippen molar-refractivity contribution in [2.75, 3.05) is 5.32 Å². The van der Waals surface area contributed by atoms with Crippen LogP contribution in [-0.4, -0.2) is 9.97 Å². The van der Waals surface area contributed by atoms with Crippen LogP contribution in [-0.2, 0) is 6.54 Å². The number of hydrogen-bond acceptors (Lipinski definition) is 3. The monoisotopic (exact) mass is 347 g/mol. The highest BCUT2D eigenvalue weighted by Crippen LogP contribution is 2.24. The Kier molecular flexibility index (Phi) is 3.85. The third-order valence-electron chi connectivity index (χ3n) is 2.95. The lowest BCUT2D eigenvalue weighted by molar-refractivity contribution is 1.15. The molecular weight excluding hydrogens is 338 g/mol. The summed E-state index contributed by atoms with van der Waals surface area (Å²) < 4.78 is 0.906. The fourth-order valence-corrected chi connectivity index (χ4v) is 2.38. The van der Waals surface area contributed by atoms with Gasteiger partial charge in [-0.3, -0.25) is 9.97 Å². The molecule has 0 atom stereocenters. The zero-order valence-electron chi connectivity index (χ0n) is 10.5. The fourth-order valence-electron chi connectivity index (χ4n) is 1.93. The van der Waals surface area contributed by atoms with Gasteiger partial charge in [0.05, 0.1) is 16.1 Å². The van der Waals surface area contributed by atoms with Crippen LogP contribution in [0.1, 0.15) is 5.56 Å². The van der Waals surface area contributed by atoms with Crippen molar-refractivity contribution in [2.45, 2.75) is 6.54 Å². The van der Waals surface area contributed by atoms with Gasteiger partial charge in [0.25, 0.3) is 0 Å². The first-order chi connectivity index (χ1) is 9.72. The molecule has 0 unspecified atom stereocenters. The smallest absolute Gasteiger partial charge is 0.0907 e. The average molecular weight is 349 g/mol. The standard InChI is InChI=1S/C15H11BrClN3/c16-12-3-1-10(7-13(12)17)9-20-11-2-4-14-15(8-11)19-6-5-18-14/h1-8,20H,9H2. The van der Waals surface area contributed by atoms with Crippen LogP contribution in [0, 0.1) is 0 Å². The lowest BCUT2D eigenvalue weighted by atomic mass is 10.2. The van der Waals surface area contributed by atoms with Gasteiger partial charge in [-0.15, -0.1) is 0 Å². The second kappa shape index (κ2) is 5.77. The van der Waals surface area contributed by atoms with Gasteiger partial charge in [0.15, 0.2) is 0 Å². The van der Waals surface area contributed by atoms with Crippen LogP contribution in [0.3, 0.4) is 0 Å². The van der Waals surface area contributed by atoms with Crippen LogP contribution in [0.4, 0.5) is 5.69 Å². The number of rotatable bonds is 3. The molecule has 3 aromatic rings. The number of anilines is 1. The highest BCUT2D eigenvalue weighted by molar-refractivity contribution is 9.10. The van der Waals surface area contributed by atoms with E-state index in [0.29, 0.717) is 11.6 Å². The van der Waals surface area contributed by atoms with Gasteiger partial charge in [-0.05, 0) is 51.8 Å². The Labute approximate surface area is 130 Å². The van der Waals surface area contributed by atoms with Crippen LogP contribution in [0.5, 0.6) is 0 Å². The minimum Gasteiger partial charge on any atom is -0.381 e. The van der Waals surface area contributed by atoms with Gasteiger partial charge in [-0.2, -0.15) is 0 Å². The Hall–Kier alpha value is -1.65.